The van der Waals surface area contributed by atoms with Crippen molar-refractivity contribution in [3.05, 3.63) is 29.6 Å². The SMILES string of the molecule is Cn1c(CCC2CCCCO2)nc2cc(C(=O)O)ccc21. The number of ether oxygens (including phenoxy) is 1. The van der Waals surface area contributed by atoms with E-state index >= 15 is 0 Å². The largest absolute Gasteiger partial charge is 0.478 e. The molecule has 1 aromatic carbocycles. The standard InChI is InChI=1S/C16H20N2O3/c1-18-14-7-5-11(16(19)20)10-13(14)17-15(18)8-6-12-4-2-3-9-21-12/h5,7,10,12H,2-4,6,8-9H2,1H3,(H,19,20). The number of aromatic carboxylic acids is 1. The van der Waals surface area contributed by atoms with Crippen LogP contribution in [-0.2, 0) is 18.2 Å². The number of aryl methyl sites for hydroxylation is 2. The molecule has 2 heterocycles. The van der Waals surface area contributed by atoms with E-state index in [0.717, 1.165) is 42.7 Å². The predicted molar refractivity (Wildman–Crippen MR) is 79.6 cm³/mol. The number of rotatable bonds is 4. The monoisotopic (exact) mass is 288 g/mol. The van der Waals surface area contributed by atoms with Crippen molar-refractivity contribution in [3.8, 4) is 0 Å². The first-order valence-corrected chi connectivity index (χ1v) is 7.45. The molecule has 1 unspecified atom stereocenters. The van der Waals surface area contributed by atoms with Crippen LogP contribution in [-0.4, -0.2) is 33.3 Å². The third-order valence-corrected chi connectivity index (χ3v) is 4.18. The van der Waals surface area contributed by atoms with E-state index in [1.54, 1.807) is 12.1 Å². The van der Waals surface area contributed by atoms with E-state index in [9.17, 15) is 4.79 Å². The molecule has 0 radical (unpaired) electrons. The number of imidazole rings is 1. The number of fused-ring (bicyclic) bond motifs is 1. The number of carboxylic acid groups (broad SMARTS) is 1. The van der Waals surface area contributed by atoms with E-state index in [4.69, 9.17) is 9.84 Å². The Morgan fingerprint density at radius 2 is 2.33 bits per heavy atom. The molecule has 1 aromatic heterocycles. The number of carbonyl (C=O) groups is 1. The zero-order chi connectivity index (χ0) is 14.8. The van der Waals surface area contributed by atoms with Gasteiger partial charge < -0.3 is 14.4 Å². The lowest BCUT2D eigenvalue weighted by atomic mass is 10.0. The highest BCUT2D eigenvalue weighted by atomic mass is 16.5. The molecule has 1 aliphatic heterocycles. The Morgan fingerprint density at radius 3 is 3.05 bits per heavy atom. The van der Waals surface area contributed by atoms with E-state index in [1.807, 2.05) is 17.7 Å². The maximum absolute atomic E-state index is 11.0. The molecule has 0 aliphatic carbocycles. The molecule has 1 saturated heterocycles. The second kappa shape index (κ2) is 5.85. The molecule has 0 amide bonds. The first kappa shape index (κ1) is 14.1. The maximum atomic E-state index is 11.0. The number of benzene rings is 1. The first-order chi connectivity index (χ1) is 10.1. The van der Waals surface area contributed by atoms with E-state index < -0.39 is 5.97 Å². The fourth-order valence-corrected chi connectivity index (χ4v) is 2.93. The van der Waals surface area contributed by atoms with Gasteiger partial charge in [0.25, 0.3) is 0 Å². The molecule has 112 valence electrons. The summed E-state index contributed by atoms with van der Waals surface area (Å²) >= 11 is 0. The van der Waals surface area contributed by atoms with Gasteiger partial charge >= 0.3 is 5.97 Å². The average Bonchev–Trinajstić information content (AvgIpc) is 2.82. The molecule has 5 heteroatoms. The molecular formula is C16H20N2O3. The molecule has 2 aromatic rings. The Bertz CT molecular complexity index is 657. The van der Waals surface area contributed by atoms with Crippen LogP contribution >= 0.6 is 0 Å². The Kier molecular flexibility index (Phi) is 3.92. The van der Waals surface area contributed by atoms with Gasteiger partial charge in [-0.05, 0) is 43.9 Å². The van der Waals surface area contributed by atoms with Crippen molar-refractivity contribution in [1.29, 1.82) is 0 Å². The Labute approximate surface area is 123 Å². The quantitative estimate of drug-likeness (QED) is 0.939. The molecule has 1 atom stereocenters. The second-order valence-electron chi connectivity index (χ2n) is 5.62. The average molecular weight is 288 g/mol. The Hall–Kier alpha value is -1.88. The maximum Gasteiger partial charge on any atom is 0.335 e. The van der Waals surface area contributed by atoms with Gasteiger partial charge in [0.1, 0.15) is 5.82 Å². The highest BCUT2D eigenvalue weighted by Crippen LogP contribution is 2.21. The number of hydrogen-bond acceptors (Lipinski definition) is 3. The summed E-state index contributed by atoms with van der Waals surface area (Å²) in [7, 11) is 1.98. The fourth-order valence-electron chi connectivity index (χ4n) is 2.93. The summed E-state index contributed by atoms with van der Waals surface area (Å²) in [5, 5.41) is 9.04. The topological polar surface area (TPSA) is 64.4 Å². The van der Waals surface area contributed by atoms with Gasteiger partial charge in [0.05, 0.1) is 22.7 Å². The Balaban J connectivity index is 1.78. The summed E-state index contributed by atoms with van der Waals surface area (Å²) in [6, 6.07) is 5.09. The van der Waals surface area contributed by atoms with Crippen LogP contribution in [0.2, 0.25) is 0 Å². The van der Waals surface area contributed by atoms with Crippen LogP contribution in [0.5, 0.6) is 0 Å². The van der Waals surface area contributed by atoms with Gasteiger partial charge in [-0.2, -0.15) is 0 Å². The van der Waals surface area contributed by atoms with E-state index in [-0.39, 0.29) is 5.56 Å². The molecule has 0 bridgehead atoms. The second-order valence-corrected chi connectivity index (χ2v) is 5.62. The van der Waals surface area contributed by atoms with E-state index in [2.05, 4.69) is 4.98 Å². The van der Waals surface area contributed by atoms with Gasteiger partial charge in [-0.1, -0.05) is 0 Å². The predicted octanol–water partition coefficient (Wildman–Crippen LogP) is 2.77. The molecule has 0 spiro atoms. The lowest BCUT2D eigenvalue weighted by Gasteiger charge is -2.22. The van der Waals surface area contributed by atoms with Crippen LogP contribution in [0.25, 0.3) is 11.0 Å². The summed E-state index contributed by atoms with van der Waals surface area (Å²) in [6.07, 6.45) is 5.72. The molecule has 1 N–H and O–H groups in total. The molecule has 21 heavy (non-hydrogen) atoms. The van der Waals surface area contributed by atoms with Gasteiger partial charge in [-0.3, -0.25) is 0 Å². The third-order valence-electron chi connectivity index (χ3n) is 4.18. The van der Waals surface area contributed by atoms with Crippen molar-refractivity contribution in [2.75, 3.05) is 6.61 Å². The molecular weight excluding hydrogens is 268 g/mol. The summed E-state index contributed by atoms with van der Waals surface area (Å²) in [5.41, 5.74) is 2.00. The summed E-state index contributed by atoms with van der Waals surface area (Å²) in [5.74, 6) is 0.0708. The molecule has 3 rings (SSSR count). The van der Waals surface area contributed by atoms with Crippen LogP contribution in [0.3, 0.4) is 0 Å². The molecule has 5 nitrogen and oxygen atoms in total. The minimum atomic E-state index is -0.917. The minimum Gasteiger partial charge on any atom is -0.478 e. The van der Waals surface area contributed by atoms with Crippen LogP contribution < -0.4 is 0 Å². The van der Waals surface area contributed by atoms with Crippen molar-refractivity contribution < 1.29 is 14.6 Å². The van der Waals surface area contributed by atoms with E-state index in [1.165, 1.54) is 12.8 Å². The van der Waals surface area contributed by atoms with E-state index in [0.29, 0.717) is 6.10 Å². The zero-order valence-corrected chi connectivity index (χ0v) is 12.2. The van der Waals surface area contributed by atoms with Crippen LogP contribution in [0.15, 0.2) is 18.2 Å². The molecule has 1 fully saturated rings. The zero-order valence-electron chi connectivity index (χ0n) is 12.2. The van der Waals surface area contributed by atoms with Crippen LogP contribution in [0, 0.1) is 0 Å². The normalized spacial score (nSPS) is 19.0. The summed E-state index contributed by atoms with van der Waals surface area (Å²) in [4.78, 5) is 15.6. The number of hydrogen-bond donors (Lipinski definition) is 1. The van der Waals surface area contributed by atoms with Crippen molar-refractivity contribution in [3.63, 3.8) is 0 Å². The fraction of sp³-hybridized carbons (Fsp3) is 0.500. The first-order valence-electron chi connectivity index (χ1n) is 7.45. The van der Waals surface area contributed by atoms with Gasteiger partial charge in [0, 0.05) is 20.1 Å². The lowest BCUT2D eigenvalue weighted by Crippen LogP contribution is -2.20. The third kappa shape index (κ3) is 2.93. The van der Waals surface area contributed by atoms with Crippen LogP contribution in [0.1, 0.15) is 41.9 Å². The summed E-state index contributed by atoms with van der Waals surface area (Å²) in [6.45, 7) is 0.870. The van der Waals surface area contributed by atoms with Crippen molar-refractivity contribution in [1.82, 2.24) is 9.55 Å². The minimum absolute atomic E-state index is 0.280. The van der Waals surface area contributed by atoms with Gasteiger partial charge in [-0.25, -0.2) is 9.78 Å². The summed E-state index contributed by atoms with van der Waals surface area (Å²) < 4.78 is 7.79. The number of carboxylic acids is 1. The van der Waals surface area contributed by atoms with Crippen molar-refractivity contribution in [2.45, 2.75) is 38.2 Å². The molecule has 0 saturated carbocycles. The molecule has 1 aliphatic rings. The Morgan fingerprint density at radius 1 is 1.48 bits per heavy atom. The van der Waals surface area contributed by atoms with Crippen LogP contribution in [0.4, 0.5) is 0 Å². The van der Waals surface area contributed by atoms with Gasteiger partial charge in [-0.15, -0.1) is 0 Å². The van der Waals surface area contributed by atoms with Gasteiger partial charge in [0.15, 0.2) is 0 Å². The number of nitrogens with zero attached hydrogens (tertiary/aromatic N) is 2. The van der Waals surface area contributed by atoms with Crippen molar-refractivity contribution in [2.24, 2.45) is 7.05 Å². The van der Waals surface area contributed by atoms with Gasteiger partial charge in [0.2, 0.25) is 0 Å². The van der Waals surface area contributed by atoms with Crippen molar-refractivity contribution >= 4 is 17.0 Å². The number of aromatic nitrogens is 2. The smallest absolute Gasteiger partial charge is 0.335 e. The highest BCUT2D eigenvalue weighted by Gasteiger charge is 2.16. The lowest BCUT2D eigenvalue weighted by molar-refractivity contribution is 0.0111. The highest BCUT2D eigenvalue weighted by molar-refractivity contribution is 5.92.